The van der Waals surface area contributed by atoms with Crippen LogP contribution in [0.25, 0.3) is 5.57 Å². The summed E-state index contributed by atoms with van der Waals surface area (Å²) in [5.74, 6) is -0.693. The first kappa shape index (κ1) is 22.0. The van der Waals surface area contributed by atoms with Crippen molar-refractivity contribution >= 4 is 23.1 Å². The van der Waals surface area contributed by atoms with Gasteiger partial charge in [-0.25, -0.2) is 0 Å². The van der Waals surface area contributed by atoms with E-state index in [1.54, 1.807) is 0 Å². The molecule has 26 heavy (non-hydrogen) atoms. The molecule has 0 aliphatic carbocycles. The third-order valence-electron chi connectivity index (χ3n) is 4.03. The third-order valence-corrected chi connectivity index (χ3v) is 4.44. The van der Waals surface area contributed by atoms with E-state index >= 15 is 0 Å². The van der Waals surface area contributed by atoms with E-state index in [0.717, 1.165) is 29.8 Å². The average Bonchev–Trinajstić information content (AvgIpc) is 2.62. The van der Waals surface area contributed by atoms with Gasteiger partial charge < -0.3 is 5.11 Å². The van der Waals surface area contributed by atoms with Crippen LogP contribution >= 0.6 is 11.6 Å². The Kier molecular flexibility index (Phi) is 9.75. The number of carboxylic acid groups (broad SMARTS) is 1. The first-order valence-corrected chi connectivity index (χ1v) is 9.52. The van der Waals surface area contributed by atoms with Gasteiger partial charge in [0, 0.05) is 11.4 Å². The second-order valence-electron chi connectivity index (χ2n) is 6.31. The predicted molar refractivity (Wildman–Crippen MR) is 112 cm³/mol. The molecule has 0 saturated carbocycles. The summed E-state index contributed by atoms with van der Waals surface area (Å²) in [6, 6.07) is 14.7. The molecule has 0 saturated heterocycles. The monoisotopic (exact) mass is 372 g/mol. The lowest BCUT2D eigenvalue weighted by Crippen LogP contribution is -1.93. The normalized spacial score (nSPS) is 10.9. The molecule has 0 atom stereocenters. The molecule has 0 fully saturated rings. The molecule has 2 aromatic carbocycles. The van der Waals surface area contributed by atoms with Gasteiger partial charge in [-0.15, -0.1) is 0 Å². The summed E-state index contributed by atoms with van der Waals surface area (Å²) in [7, 11) is 0. The number of benzene rings is 2. The molecule has 1 N–H and O–H groups in total. The van der Waals surface area contributed by atoms with Crippen molar-refractivity contribution in [2.45, 2.75) is 53.4 Å². The zero-order valence-corrected chi connectivity index (χ0v) is 16.9. The van der Waals surface area contributed by atoms with Crippen molar-refractivity contribution in [2.75, 3.05) is 0 Å². The lowest BCUT2D eigenvalue weighted by molar-refractivity contribution is -0.137. The highest BCUT2D eigenvalue weighted by atomic mass is 35.5. The fourth-order valence-electron chi connectivity index (χ4n) is 2.65. The smallest absolute Gasteiger partial charge is 0.303 e. The highest BCUT2D eigenvalue weighted by molar-refractivity contribution is 6.31. The van der Waals surface area contributed by atoms with Gasteiger partial charge in [0.15, 0.2) is 0 Å². The number of carboxylic acids is 1. The van der Waals surface area contributed by atoms with Gasteiger partial charge in [-0.05, 0) is 60.6 Å². The standard InChI is InChI=1S/C18H19Cl.C5H10O2/c1-4-8-16(15-9-6-5-7-10-15)17-12-18(19)14(3)11-13(17)2;1-2-3-4-5(6)7/h5-12H,4H2,1-3H3;2-4H2,1H3,(H,6,7)/b16-8+;. The Balaban J connectivity index is 0.000000412. The van der Waals surface area contributed by atoms with E-state index in [-0.39, 0.29) is 0 Å². The SMILES string of the molecule is CC/C=C(\c1ccccc1)c1cc(Cl)c(C)cc1C.CCCCC(=O)O. The average molecular weight is 373 g/mol. The minimum atomic E-state index is -0.693. The minimum Gasteiger partial charge on any atom is -0.481 e. The van der Waals surface area contributed by atoms with Crippen molar-refractivity contribution in [3.05, 3.63) is 75.8 Å². The number of rotatable bonds is 6. The zero-order chi connectivity index (χ0) is 19.5. The van der Waals surface area contributed by atoms with E-state index in [0.29, 0.717) is 6.42 Å². The summed E-state index contributed by atoms with van der Waals surface area (Å²) in [5.41, 5.74) is 6.13. The van der Waals surface area contributed by atoms with Gasteiger partial charge in [0.05, 0.1) is 0 Å². The largest absolute Gasteiger partial charge is 0.481 e. The molecular weight excluding hydrogens is 344 g/mol. The van der Waals surface area contributed by atoms with Crippen LogP contribution in [0.1, 0.15) is 61.8 Å². The molecule has 0 aromatic heterocycles. The van der Waals surface area contributed by atoms with E-state index in [1.165, 1.54) is 22.3 Å². The van der Waals surface area contributed by atoms with Crippen LogP contribution in [0.4, 0.5) is 0 Å². The van der Waals surface area contributed by atoms with E-state index in [9.17, 15) is 4.79 Å². The third kappa shape index (κ3) is 7.05. The Bertz CT molecular complexity index is 733. The second kappa shape index (κ2) is 11.5. The molecule has 2 nitrogen and oxygen atoms in total. The van der Waals surface area contributed by atoms with Gasteiger partial charge in [-0.3, -0.25) is 4.79 Å². The fraction of sp³-hybridized carbons (Fsp3) is 0.348. The Labute approximate surface area is 162 Å². The maximum atomic E-state index is 9.76. The summed E-state index contributed by atoms with van der Waals surface area (Å²) in [6.45, 7) is 8.33. The van der Waals surface area contributed by atoms with Crippen LogP contribution < -0.4 is 0 Å². The lowest BCUT2D eigenvalue weighted by Gasteiger charge is -2.13. The van der Waals surface area contributed by atoms with Crippen molar-refractivity contribution < 1.29 is 9.90 Å². The number of unbranched alkanes of at least 4 members (excludes halogenated alkanes) is 1. The first-order valence-electron chi connectivity index (χ1n) is 9.15. The summed E-state index contributed by atoms with van der Waals surface area (Å²) in [4.78, 5) is 9.76. The predicted octanol–water partition coefficient (Wildman–Crippen LogP) is 7.06. The Hall–Kier alpha value is -2.06. The van der Waals surface area contributed by atoms with Crippen molar-refractivity contribution in [3.8, 4) is 0 Å². The van der Waals surface area contributed by atoms with Crippen LogP contribution in [0.15, 0.2) is 48.5 Å². The minimum absolute atomic E-state index is 0.316. The summed E-state index contributed by atoms with van der Waals surface area (Å²) in [5, 5.41) is 8.88. The van der Waals surface area contributed by atoms with Crippen LogP contribution in [0, 0.1) is 13.8 Å². The van der Waals surface area contributed by atoms with Crippen molar-refractivity contribution in [3.63, 3.8) is 0 Å². The number of carbonyl (C=O) groups is 1. The van der Waals surface area contributed by atoms with Gasteiger partial charge in [0.25, 0.3) is 0 Å². The van der Waals surface area contributed by atoms with Crippen LogP contribution in [0.3, 0.4) is 0 Å². The number of aliphatic carboxylic acids is 1. The van der Waals surface area contributed by atoms with E-state index in [2.05, 4.69) is 56.3 Å². The van der Waals surface area contributed by atoms with Gasteiger partial charge in [0.2, 0.25) is 0 Å². The second-order valence-corrected chi connectivity index (χ2v) is 6.71. The molecular formula is C23H29ClO2. The number of allylic oxidation sites excluding steroid dienone is 1. The molecule has 0 aliphatic rings. The first-order chi connectivity index (χ1) is 12.4. The molecule has 0 radical (unpaired) electrons. The van der Waals surface area contributed by atoms with Gasteiger partial charge in [-0.2, -0.15) is 0 Å². The topological polar surface area (TPSA) is 37.3 Å². The van der Waals surface area contributed by atoms with E-state index < -0.39 is 5.97 Å². The molecule has 140 valence electrons. The van der Waals surface area contributed by atoms with E-state index in [4.69, 9.17) is 16.7 Å². The van der Waals surface area contributed by atoms with Crippen LogP contribution in [0.5, 0.6) is 0 Å². The molecule has 0 bridgehead atoms. The molecule has 0 amide bonds. The van der Waals surface area contributed by atoms with Gasteiger partial charge >= 0.3 is 5.97 Å². The molecule has 0 heterocycles. The Morgan fingerprint density at radius 2 is 1.73 bits per heavy atom. The molecule has 0 unspecified atom stereocenters. The van der Waals surface area contributed by atoms with Gasteiger partial charge in [0.1, 0.15) is 0 Å². The molecule has 2 rings (SSSR count). The number of hydrogen-bond acceptors (Lipinski definition) is 1. The zero-order valence-electron chi connectivity index (χ0n) is 16.2. The molecule has 3 heteroatoms. The molecule has 2 aromatic rings. The number of halogens is 1. The Morgan fingerprint density at radius 3 is 2.23 bits per heavy atom. The summed E-state index contributed by atoms with van der Waals surface area (Å²) < 4.78 is 0. The summed E-state index contributed by atoms with van der Waals surface area (Å²) in [6.07, 6.45) is 5.36. The quantitative estimate of drug-likeness (QED) is 0.589. The van der Waals surface area contributed by atoms with Crippen LogP contribution in [-0.2, 0) is 4.79 Å². The highest BCUT2D eigenvalue weighted by Crippen LogP contribution is 2.30. The van der Waals surface area contributed by atoms with Crippen LogP contribution in [0.2, 0.25) is 5.02 Å². The number of hydrogen-bond donors (Lipinski definition) is 1. The van der Waals surface area contributed by atoms with Gasteiger partial charge in [-0.1, -0.05) is 74.3 Å². The summed E-state index contributed by atoms with van der Waals surface area (Å²) >= 11 is 6.29. The Morgan fingerprint density at radius 1 is 1.08 bits per heavy atom. The molecule has 0 aliphatic heterocycles. The number of aryl methyl sites for hydroxylation is 2. The van der Waals surface area contributed by atoms with Crippen molar-refractivity contribution in [1.82, 2.24) is 0 Å². The maximum Gasteiger partial charge on any atom is 0.303 e. The van der Waals surface area contributed by atoms with E-state index in [1.807, 2.05) is 19.9 Å². The highest BCUT2D eigenvalue weighted by Gasteiger charge is 2.09. The fourth-order valence-corrected chi connectivity index (χ4v) is 2.81. The molecule has 0 spiro atoms. The van der Waals surface area contributed by atoms with Crippen LogP contribution in [-0.4, -0.2) is 11.1 Å². The lowest BCUT2D eigenvalue weighted by atomic mass is 9.92. The van der Waals surface area contributed by atoms with Crippen molar-refractivity contribution in [2.24, 2.45) is 0 Å². The van der Waals surface area contributed by atoms with Crippen molar-refractivity contribution in [1.29, 1.82) is 0 Å². The maximum absolute atomic E-state index is 9.76.